The van der Waals surface area contributed by atoms with Crippen LogP contribution in [0.3, 0.4) is 0 Å². The normalized spacial score (nSPS) is 16.0. The van der Waals surface area contributed by atoms with Crippen molar-refractivity contribution in [3.8, 4) is 0 Å². The molecule has 0 aliphatic heterocycles. The highest BCUT2D eigenvalue weighted by atomic mass is 32.2. The van der Waals surface area contributed by atoms with E-state index in [0.29, 0.717) is 0 Å². The molecule has 126 valence electrons. The molecule has 3 rings (SSSR count). The second-order valence-corrected chi connectivity index (χ2v) is 7.42. The number of rotatable bonds is 4. The minimum absolute atomic E-state index is 0.197. The lowest BCUT2D eigenvalue weighted by atomic mass is 10.2. The second kappa shape index (κ2) is 7.66. The standard InChI is InChI=1S/C18H21N3O2S/c1-12(17(22)21-18(23)20-14-8-2-3-9-14)24-15-10-4-6-13-7-5-11-19-16(13)15/h4-7,10-12,14H,2-3,8-9H2,1H3,(H2,20,21,22,23)/t12-/m0/s1. The average Bonchev–Trinajstić information content (AvgIpc) is 3.08. The number of urea groups is 1. The Balaban J connectivity index is 1.60. The summed E-state index contributed by atoms with van der Waals surface area (Å²) in [7, 11) is 0. The molecule has 5 nitrogen and oxygen atoms in total. The number of imide groups is 1. The van der Waals surface area contributed by atoms with E-state index in [4.69, 9.17) is 0 Å². The Morgan fingerprint density at radius 2 is 1.96 bits per heavy atom. The van der Waals surface area contributed by atoms with Crippen LogP contribution in [-0.4, -0.2) is 28.2 Å². The Hall–Kier alpha value is -2.08. The van der Waals surface area contributed by atoms with Crippen LogP contribution in [0.15, 0.2) is 41.4 Å². The van der Waals surface area contributed by atoms with Gasteiger partial charge in [0.15, 0.2) is 0 Å². The number of hydrogen-bond acceptors (Lipinski definition) is 4. The van der Waals surface area contributed by atoms with Crippen LogP contribution >= 0.6 is 11.8 Å². The second-order valence-electron chi connectivity index (χ2n) is 6.04. The van der Waals surface area contributed by atoms with Crippen molar-refractivity contribution in [3.63, 3.8) is 0 Å². The molecule has 0 unspecified atom stereocenters. The highest BCUT2D eigenvalue weighted by Gasteiger charge is 2.21. The summed E-state index contributed by atoms with van der Waals surface area (Å²) in [6, 6.07) is 9.57. The van der Waals surface area contributed by atoms with E-state index in [2.05, 4.69) is 15.6 Å². The van der Waals surface area contributed by atoms with Gasteiger partial charge in [-0.15, -0.1) is 11.8 Å². The molecular weight excluding hydrogens is 322 g/mol. The smallest absolute Gasteiger partial charge is 0.321 e. The summed E-state index contributed by atoms with van der Waals surface area (Å²) in [6.07, 6.45) is 6.01. The molecule has 1 heterocycles. The van der Waals surface area contributed by atoms with Gasteiger partial charge in [0.25, 0.3) is 0 Å². The fourth-order valence-corrected chi connectivity index (χ4v) is 3.91. The van der Waals surface area contributed by atoms with E-state index in [1.165, 1.54) is 11.8 Å². The number of benzene rings is 1. The van der Waals surface area contributed by atoms with Crippen molar-refractivity contribution in [2.75, 3.05) is 0 Å². The van der Waals surface area contributed by atoms with Gasteiger partial charge in [-0.2, -0.15) is 0 Å². The Bertz CT molecular complexity index is 739. The van der Waals surface area contributed by atoms with E-state index in [0.717, 1.165) is 41.5 Å². The molecule has 0 saturated heterocycles. The van der Waals surface area contributed by atoms with E-state index in [9.17, 15) is 9.59 Å². The van der Waals surface area contributed by atoms with Gasteiger partial charge < -0.3 is 5.32 Å². The van der Waals surface area contributed by atoms with Gasteiger partial charge in [0.1, 0.15) is 0 Å². The molecule has 2 aromatic rings. The van der Waals surface area contributed by atoms with Gasteiger partial charge in [-0.1, -0.05) is 31.0 Å². The third kappa shape index (κ3) is 4.06. The van der Waals surface area contributed by atoms with Crippen LogP contribution in [0.1, 0.15) is 32.6 Å². The van der Waals surface area contributed by atoms with E-state index >= 15 is 0 Å². The molecule has 1 atom stereocenters. The first-order valence-corrected chi connectivity index (χ1v) is 9.13. The molecule has 1 aliphatic rings. The number of hydrogen-bond donors (Lipinski definition) is 2. The van der Waals surface area contributed by atoms with Crippen LogP contribution in [0.4, 0.5) is 4.79 Å². The summed E-state index contributed by atoms with van der Waals surface area (Å²) in [6.45, 7) is 1.80. The minimum atomic E-state index is -0.393. The maximum Gasteiger partial charge on any atom is 0.321 e. The molecule has 1 aliphatic carbocycles. The summed E-state index contributed by atoms with van der Waals surface area (Å²) >= 11 is 1.41. The van der Waals surface area contributed by atoms with Crippen molar-refractivity contribution in [3.05, 3.63) is 36.5 Å². The molecule has 0 bridgehead atoms. The topological polar surface area (TPSA) is 71.1 Å². The summed E-state index contributed by atoms with van der Waals surface area (Å²) in [5.41, 5.74) is 0.875. The van der Waals surface area contributed by atoms with Gasteiger partial charge in [0.2, 0.25) is 5.91 Å². The molecule has 24 heavy (non-hydrogen) atoms. The zero-order chi connectivity index (χ0) is 16.9. The lowest BCUT2D eigenvalue weighted by Crippen LogP contribution is -2.45. The van der Waals surface area contributed by atoms with Crippen molar-refractivity contribution in [2.45, 2.75) is 48.8 Å². The Labute approximate surface area is 145 Å². The number of carbonyl (C=O) groups is 2. The summed E-state index contributed by atoms with van der Waals surface area (Å²) in [4.78, 5) is 29.5. The third-order valence-corrected chi connectivity index (χ3v) is 5.35. The predicted octanol–water partition coefficient (Wildman–Crippen LogP) is 3.48. The molecule has 1 saturated carbocycles. The average molecular weight is 343 g/mol. The summed E-state index contributed by atoms with van der Waals surface area (Å²) < 4.78 is 0. The van der Waals surface area contributed by atoms with Crippen LogP contribution in [-0.2, 0) is 4.79 Å². The number of pyridine rings is 1. The first-order chi connectivity index (χ1) is 11.6. The lowest BCUT2D eigenvalue weighted by Gasteiger charge is -2.15. The lowest BCUT2D eigenvalue weighted by molar-refractivity contribution is -0.119. The molecule has 1 aromatic carbocycles. The molecule has 6 heteroatoms. The molecule has 0 radical (unpaired) electrons. The van der Waals surface area contributed by atoms with Crippen LogP contribution in [0.25, 0.3) is 10.9 Å². The molecule has 0 spiro atoms. The predicted molar refractivity (Wildman–Crippen MR) is 96.0 cm³/mol. The Kier molecular flexibility index (Phi) is 5.35. The van der Waals surface area contributed by atoms with Crippen molar-refractivity contribution in [2.24, 2.45) is 0 Å². The maximum atomic E-state index is 12.3. The van der Waals surface area contributed by atoms with E-state index in [-0.39, 0.29) is 17.2 Å². The van der Waals surface area contributed by atoms with E-state index in [1.54, 1.807) is 13.1 Å². The van der Waals surface area contributed by atoms with E-state index < -0.39 is 6.03 Å². The SMILES string of the molecule is C[C@H](Sc1cccc2cccnc12)C(=O)NC(=O)NC1CCCC1. The number of fused-ring (bicyclic) bond motifs is 1. The monoisotopic (exact) mass is 343 g/mol. The van der Waals surface area contributed by atoms with Gasteiger partial charge in [0.05, 0.1) is 10.8 Å². The number of nitrogens with zero attached hydrogens (tertiary/aromatic N) is 1. The minimum Gasteiger partial charge on any atom is -0.335 e. The Morgan fingerprint density at radius 3 is 2.75 bits per heavy atom. The number of nitrogens with one attached hydrogen (secondary N) is 2. The quantitative estimate of drug-likeness (QED) is 0.834. The van der Waals surface area contributed by atoms with Crippen molar-refractivity contribution >= 4 is 34.6 Å². The van der Waals surface area contributed by atoms with Crippen molar-refractivity contribution in [1.82, 2.24) is 15.6 Å². The van der Waals surface area contributed by atoms with Gasteiger partial charge in [0, 0.05) is 22.5 Å². The Morgan fingerprint density at radius 1 is 1.21 bits per heavy atom. The molecule has 1 aromatic heterocycles. The van der Waals surface area contributed by atoms with Crippen LogP contribution in [0.2, 0.25) is 0 Å². The van der Waals surface area contributed by atoms with Gasteiger partial charge in [-0.3, -0.25) is 15.1 Å². The zero-order valence-corrected chi connectivity index (χ0v) is 14.4. The van der Waals surface area contributed by atoms with Gasteiger partial charge in [-0.25, -0.2) is 4.79 Å². The third-order valence-electron chi connectivity index (χ3n) is 4.20. The van der Waals surface area contributed by atoms with Crippen LogP contribution < -0.4 is 10.6 Å². The van der Waals surface area contributed by atoms with Gasteiger partial charge in [-0.05, 0) is 31.9 Å². The molecular formula is C18H21N3O2S. The van der Waals surface area contributed by atoms with Crippen LogP contribution in [0.5, 0.6) is 0 Å². The fraction of sp³-hybridized carbons (Fsp3) is 0.389. The first-order valence-electron chi connectivity index (χ1n) is 8.25. The zero-order valence-electron chi connectivity index (χ0n) is 13.6. The molecule has 2 N–H and O–H groups in total. The number of carbonyl (C=O) groups excluding carboxylic acids is 2. The largest absolute Gasteiger partial charge is 0.335 e. The van der Waals surface area contributed by atoms with Crippen molar-refractivity contribution in [1.29, 1.82) is 0 Å². The summed E-state index contributed by atoms with van der Waals surface area (Å²) in [5, 5.41) is 5.96. The summed E-state index contributed by atoms with van der Waals surface area (Å²) in [5.74, 6) is -0.288. The maximum absolute atomic E-state index is 12.3. The number of para-hydroxylation sites is 1. The van der Waals surface area contributed by atoms with Gasteiger partial charge >= 0.3 is 6.03 Å². The molecule has 3 amide bonds. The molecule has 1 fully saturated rings. The highest BCUT2D eigenvalue weighted by Crippen LogP contribution is 2.29. The van der Waals surface area contributed by atoms with E-state index in [1.807, 2.05) is 30.3 Å². The number of thioether (sulfide) groups is 1. The fourth-order valence-electron chi connectivity index (χ4n) is 2.92. The van der Waals surface area contributed by atoms with Crippen LogP contribution in [0, 0.1) is 0 Å². The first kappa shape index (κ1) is 16.8. The van der Waals surface area contributed by atoms with Crippen molar-refractivity contribution < 1.29 is 9.59 Å². The number of amides is 3. The highest BCUT2D eigenvalue weighted by molar-refractivity contribution is 8.00. The number of aromatic nitrogens is 1.